The fourth-order valence-corrected chi connectivity index (χ4v) is 2.24. The maximum atomic E-state index is 11.0. The van der Waals surface area contributed by atoms with Crippen molar-refractivity contribution >= 4 is 31.5 Å². The van der Waals surface area contributed by atoms with Crippen molar-refractivity contribution in [3.63, 3.8) is 0 Å². The van der Waals surface area contributed by atoms with Gasteiger partial charge in [-0.15, -0.1) is 11.8 Å². The molecule has 1 rings (SSSR count). The van der Waals surface area contributed by atoms with Crippen molar-refractivity contribution < 1.29 is 8.42 Å². The SMILES string of the molecule is CSc1ccc(C(C)S(=O)(=O)Cl)cc1. The van der Waals surface area contributed by atoms with Crippen LogP contribution < -0.4 is 0 Å². The lowest BCUT2D eigenvalue weighted by Gasteiger charge is -2.07. The molecule has 0 aliphatic heterocycles. The Morgan fingerprint density at radius 3 is 2.14 bits per heavy atom. The van der Waals surface area contributed by atoms with Gasteiger partial charge >= 0.3 is 0 Å². The first kappa shape index (κ1) is 11.9. The van der Waals surface area contributed by atoms with Crippen molar-refractivity contribution in [1.82, 2.24) is 0 Å². The van der Waals surface area contributed by atoms with Crippen molar-refractivity contribution in [2.45, 2.75) is 17.1 Å². The number of hydrogen-bond acceptors (Lipinski definition) is 3. The minimum Gasteiger partial charge on any atom is -0.212 e. The smallest absolute Gasteiger partial charge is 0.212 e. The van der Waals surface area contributed by atoms with E-state index in [1.165, 1.54) is 0 Å². The average molecular weight is 251 g/mol. The Morgan fingerprint density at radius 2 is 1.79 bits per heavy atom. The molecule has 14 heavy (non-hydrogen) atoms. The number of halogens is 1. The van der Waals surface area contributed by atoms with Gasteiger partial charge in [0.05, 0.1) is 5.25 Å². The van der Waals surface area contributed by atoms with E-state index in [1.54, 1.807) is 30.8 Å². The van der Waals surface area contributed by atoms with E-state index < -0.39 is 14.3 Å². The van der Waals surface area contributed by atoms with E-state index in [9.17, 15) is 8.42 Å². The zero-order valence-corrected chi connectivity index (χ0v) is 10.3. The lowest BCUT2D eigenvalue weighted by atomic mass is 10.2. The van der Waals surface area contributed by atoms with Crippen molar-refractivity contribution in [2.75, 3.05) is 6.26 Å². The van der Waals surface area contributed by atoms with E-state index in [4.69, 9.17) is 10.7 Å². The average Bonchev–Trinajstić information content (AvgIpc) is 2.15. The fraction of sp³-hybridized carbons (Fsp3) is 0.333. The van der Waals surface area contributed by atoms with E-state index in [-0.39, 0.29) is 0 Å². The van der Waals surface area contributed by atoms with Crippen LogP contribution in [0.4, 0.5) is 0 Å². The molecule has 0 amide bonds. The van der Waals surface area contributed by atoms with Gasteiger partial charge < -0.3 is 0 Å². The summed E-state index contributed by atoms with van der Waals surface area (Å²) in [5.74, 6) is 0. The molecule has 0 radical (unpaired) electrons. The van der Waals surface area contributed by atoms with Gasteiger partial charge in [0.15, 0.2) is 0 Å². The molecule has 0 N–H and O–H groups in total. The normalized spacial score (nSPS) is 13.9. The van der Waals surface area contributed by atoms with E-state index in [1.807, 2.05) is 18.4 Å². The summed E-state index contributed by atoms with van der Waals surface area (Å²) in [6.45, 7) is 1.58. The van der Waals surface area contributed by atoms with Gasteiger partial charge in [-0.3, -0.25) is 0 Å². The standard InChI is InChI=1S/C9H11ClO2S2/c1-7(14(10,11)12)8-3-5-9(13-2)6-4-8/h3-7H,1-2H3. The zero-order valence-electron chi connectivity index (χ0n) is 7.90. The van der Waals surface area contributed by atoms with Gasteiger partial charge in [-0.1, -0.05) is 12.1 Å². The molecule has 0 aliphatic carbocycles. The van der Waals surface area contributed by atoms with E-state index in [0.29, 0.717) is 0 Å². The summed E-state index contributed by atoms with van der Waals surface area (Å²) in [7, 11) is 1.75. The lowest BCUT2D eigenvalue weighted by molar-refractivity contribution is 0.600. The molecule has 2 nitrogen and oxygen atoms in total. The molecule has 0 aromatic heterocycles. The maximum Gasteiger partial charge on any atom is 0.239 e. The highest BCUT2D eigenvalue weighted by molar-refractivity contribution is 8.13. The largest absolute Gasteiger partial charge is 0.239 e. The van der Waals surface area contributed by atoms with Gasteiger partial charge in [0.25, 0.3) is 0 Å². The van der Waals surface area contributed by atoms with Gasteiger partial charge in [0.1, 0.15) is 0 Å². The minimum absolute atomic E-state index is 0.653. The Hall–Kier alpha value is -0.190. The topological polar surface area (TPSA) is 34.1 Å². The first-order valence-corrected chi connectivity index (χ1v) is 7.62. The van der Waals surface area contributed by atoms with E-state index >= 15 is 0 Å². The zero-order chi connectivity index (χ0) is 10.8. The molecule has 5 heteroatoms. The lowest BCUT2D eigenvalue weighted by Crippen LogP contribution is -2.02. The maximum absolute atomic E-state index is 11.0. The molecule has 1 aromatic rings. The molecule has 0 aliphatic rings. The summed E-state index contributed by atoms with van der Waals surface area (Å²) in [5.41, 5.74) is 0.720. The van der Waals surface area contributed by atoms with Crippen molar-refractivity contribution in [3.8, 4) is 0 Å². The highest BCUT2D eigenvalue weighted by atomic mass is 35.7. The molecule has 1 atom stereocenters. The summed E-state index contributed by atoms with van der Waals surface area (Å²) in [4.78, 5) is 1.10. The van der Waals surface area contributed by atoms with Crippen LogP contribution in [-0.2, 0) is 9.05 Å². The van der Waals surface area contributed by atoms with Crippen LogP contribution in [0.2, 0.25) is 0 Å². The summed E-state index contributed by atoms with van der Waals surface area (Å²) in [6, 6.07) is 7.35. The Bertz CT molecular complexity index is 397. The molecule has 0 saturated heterocycles. The van der Waals surface area contributed by atoms with E-state index in [2.05, 4.69) is 0 Å². The second-order valence-electron chi connectivity index (χ2n) is 2.89. The number of thioether (sulfide) groups is 1. The molecule has 78 valence electrons. The molecule has 0 heterocycles. The third kappa shape index (κ3) is 2.90. The molecule has 1 unspecified atom stereocenters. The molecule has 0 bridgehead atoms. The van der Waals surface area contributed by atoms with Crippen LogP contribution in [0.5, 0.6) is 0 Å². The van der Waals surface area contributed by atoms with Crippen LogP contribution in [0.25, 0.3) is 0 Å². The molecular weight excluding hydrogens is 240 g/mol. The minimum atomic E-state index is -3.51. The van der Waals surface area contributed by atoms with Gasteiger partial charge in [-0.05, 0) is 30.9 Å². The summed E-state index contributed by atoms with van der Waals surface area (Å²) >= 11 is 1.61. The Labute approximate surface area is 93.1 Å². The highest BCUT2D eigenvalue weighted by Gasteiger charge is 2.19. The van der Waals surface area contributed by atoms with Gasteiger partial charge in [-0.2, -0.15) is 0 Å². The van der Waals surface area contributed by atoms with Crippen LogP contribution in [0.1, 0.15) is 17.7 Å². The molecule has 1 aromatic carbocycles. The summed E-state index contributed by atoms with van der Waals surface area (Å²) in [5, 5.41) is -0.653. The van der Waals surface area contributed by atoms with Crippen LogP contribution in [-0.4, -0.2) is 14.7 Å². The molecule has 0 fully saturated rings. The summed E-state index contributed by atoms with van der Waals surface area (Å²) < 4.78 is 22.1. The predicted molar refractivity (Wildman–Crippen MR) is 61.4 cm³/mol. The van der Waals surface area contributed by atoms with Crippen LogP contribution >= 0.6 is 22.4 Å². The van der Waals surface area contributed by atoms with Crippen LogP contribution in [0, 0.1) is 0 Å². The van der Waals surface area contributed by atoms with Crippen molar-refractivity contribution in [1.29, 1.82) is 0 Å². The predicted octanol–water partition coefficient (Wildman–Crippen LogP) is 3.04. The third-order valence-electron chi connectivity index (χ3n) is 2.01. The third-order valence-corrected chi connectivity index (χ3v) is 4.67. The second-order valence-corrected chi connectivity index (χ2v) is 6.72. The number of hydrogen-bond donors (Lipinski definition) is 0. The van der Waals surface area contributed by atoms with Gasteiger partial charge in [0.2, 0.25) is 9.05 Å². The first-order valence-electron chi connectivity index (χ1n) is 4.02. The Kier molecular flexibility index (Phi) is 3.86. The fourth-order valence-electron chi connectivity index (χ4n) is 1.04. The molecule has 0 spiro atoms. The summed E-state index contributed by atoms with van der Waals surface area (Å²) in [6.07, 6.45) is 1.97. The van der Waals surface area contributed by atoms with Crippen molar-refractivity contribution in [2.24, 2.45) is 0 Å². The second kappa shape index (κ2) is 4.55. The van der Waals surface area contributed by atoms with Gasteiger partial charge in [-0.25, -0.2) is 8.42 Å². The number of benzene rings is 1. The number of rotatable bonds is 3. The Balaban J connectivity index is 2.98. The van der Waals surface area contributed by atoms with Crippen molar-refractivity contribution in [3.05, 3.63) is 29.8 Å². The molecular formula is C9H11ClO2S2. The van der Waals surface area contributed by atoms with Crippen LogP contribution in [0.3, 0.4) is 0 Å². The highest BCUT2D eigenvalue weighted by Crippen LogP contribution is 2.26. The first-order chi connectivity index (χ1) is 6.45. The van der Waals surface area contributed by atoms with Gasteiger partial charge in [0, 0.05) is 15.6 Å². The molecule has 0 saturated carbocycles. The monoisotopic (exact) mass is 250 g/mol. The van der Waals surface area contributed by atoms with Crippen LogP contribution in [0.15, 0.2) is 29.2 Å². The quantitative estimate of drug-likeness (QED) is 0.611. The Morgan fingerprint density at radius 1 is 1.29 bits per heavy atom. The van der Waals surface area contributed by atoms with E-state index in [0.717, 1.165) is 10.5 Å².